The number of para-hydroxylation sites is 1. The Labute approximate surface area is 133 Å². The van der Waals surface area contributed by atoms with Crippen LogP contribution in [0.1, 0.15) is 0 Å². The maximum Gasteiger partial charge on any atom is 0.267 e. The van der Waals surface area contributed by atoms with Crippen LogP contribution in [0.2, 0.25) is 5.02 Å². The summed E-state index contributed by atoms with van der Waals surface area (Å²) in [5.74, 6) is -0.506. The molecule has 2 amide bonds. The van der Waals surface area contributed by atoms with E-state index in [0.29, 0.717) is 36.9 Å². The second kappa shape index (κ2) is 7.48. The number of rotatable bonds is 4. The molecule has 2 rings (SSSR count). The van der Waals surface area contributed by atoms with Gasteiger partial charge in [0.1, 0.15) is 11.6 Å². The predicted octanol–water partition coefficient (Wildman–Crippen LogP) is 1.46. The lowest BCUT2D eigenvalue weighted by molar-refractivity contribution is -0.119. The Morgan fingerprint density at radius 2 is 1.86 bits per heavy atom. The van der Waals surface area contributed by atoms with Gasteiger partial charge >= 0.3 is 0 Å². The van der Waals surface area contributed by atoms with Gasteiger partial charge in [-0.15, -0.1) is 0 Å². The van der Waals surface area contributed by atoms with Gasteiger partial charge in [-0.05, 0) is 12.1 Å². The first-order valence-corrected chi connectivity index (χ1v) is 7.13. The quantitative estimate of drug-likeness (QED) is 0.518. The van der Waals surface area contributed by atoms with Crippen LogP contribution in [-0.2, 0) is 9.59 Å². The van der Waals surface area contributed by atoms with Crippen molar-refractivity contribution in [3.63, 3.8) is 0 Å². The molecule has 114 valence electrons. The highest BCUT2D eigenvalue weighted by Gasteiger charge is 2.16. The molecular formula is C15H15ClN4O2. The lowest BCUT2D eigenvalue weighted by Gasteiger charge is -2.31. The number of nitrogens with zero attached hydrogens (tertiary/aromatic N) is 3. The van der Waals surface area contributed by atoms with Crippen LogP contribution in [0.25, 0.3) is 0 Å². The summed E-state index contributed by atoms with van der Waals surface area (Å²) in [5, 5.41) is 12.2. The van der Waals surface area contributed by atoms with Crippen LogP contribution < -0.4 is 5.32 Å². The van der Waals surface area contributed by atoms with Crippen molar-refractivity contribution in [3.05, 3.63) is 41.1 Å². The fourth-order valence-corrected chi connectivity index (χ4v) is 2.23. The fourth-order valence-electron chi connectivity index (χ4n) is 2.04. The third kappa shape index (κ3) is 3.99. The van der Waals surface area contributed by atoms with E-state index in [1.54, 1.807) is 29.2 Å². The molecule has 1 aliphatic heterocycles. The summed E-state index contributed by atoms with van der Waals surface area (Å²) in [5.41, 5.74) is 0.459. The predicted molar refractivity (Wildman–Crippen MR) is 83.0 cm³/mol. The molecule has 0 bridgehead atoms. The highest BCUT2D eigenvalue weighted by Crippen LogP contribution is 2.21. The third-order valence-electron chi connectivity index (χ3n) is 3.30. The Morgan fingerprint density at radius 1 is 1.23 bits per heavy atom. The minimum Gasteiger partial charge on any atom is -0.373 e. The number of nitriles is 1. The zero-order valence-corrected chi connectivity index (χ0v) is 12.6. The van der Waals surface area contributed by atoms with E-state index in [0.717, 1.165) is 6.41 Å². The number of hydrogen-bond acceptors (Lipinski definition) is 4. The van der Waals surface area contributed by atoms with Crippen LogP contribution in [0.5, 0.6) is 0 Å². The highest BCUT2D eigenvalue weighted by atomic mass is 35.5. The molecule has 0 saturated carbocycles. The van der Waals surface area contributed by atoms with Crippen LogP contribution in [0.4, 0.5) is 5.69 Å². The van der Waals surface area contributed by atoms with Gasteiger partial charge in [0.15, 0.2) is 0 Å². The number of amides is 2. The van der Waals surface area contributed by atoms with Gasteiger partial charge in [-0.1, -0.05) is 23.7 Å². The maximum atomic E-state index is 12.1. The molecule has 0 radical (unpaired) electrons. The highest BCUT2D eigenvalue weighted by molar-refractivity contribution is 6.33. The monoisotopic (exact) mass is 318 g/mol. The average Bonchev–Trinajstić information content (AvgIpc) is 2.55. The molecule has 6 nitrogen and oxygen atoms in total. The molecule has 0 atom stereocenters. The van der Waals surface area contributed by atoms with E-state index in [4.69, 9.17) is 16.9 Å². The van der Waals surface area contributed by atoms with E-state index in [2.05, 4.69) is 5.32 Å². The first-order chi connectivity index (χ1) is 10.6. The minimum absolute atomic E-state index is 0.000488. The molecule has 0 unspecified atom stereocenters. The Hall–Kier alpha value is -2.52. The van der Waals surface area contributed by atoms with Gasteiger partial charge in [0.05, 0.1) is 10.7 Å². The maximum absolute atomic E-state index is 12.1. The zero-order chi connectivity index (χ0) is 15.9. The Kier molecular flexibility index (Phi) is 5.39. The zero-order valence-electron chi connectivity index (χ0n) is 11.8. The number of nitrogens with one attached hydrogen (secondary N) is 1. The lowest BCUT2D eigenvalue weighted by atomic mass is 10.2. The normalized spacial score (nSPS) is 15.2. The van der Waals surface area contributed by atoms with Crippen molar-refractivity contribution < 1.29 is 9.59 Å². The van der Waals surface area contributed by atoms with Crippen molar-refractivity contribution in [1.82, 2.24) is 9.80 Å². The van der Waals surface area contributed by atoms with Crippen LogP contribution in [0, 0.1) is 11.3 Å². The number of halogens is 1. The largest absolute Gasteiger partial charge is 0.373 e. The third-order valence-corrected chi connectivity index (χ3v) is 3.63. The van der Waals surface area contributed by atoms with Gasteiger partial charge in [-0.3, -0.25) is 9.59 Å². The number of carbonyl (C=O) groups excluding carboxylic acids is 2. The van der Waals surface area contributed by atoms with Crippen molar-refractivity contribution >= 4 is 29.6 Å². The van der Waals surface area contributed by atoms with Gasteiger partial charge in [0, 0.05) is 32.4 Å². The molecule has 1 saturated heterocycles. The van der Waals surface area contributed by atoms with E-state index in [-0.39, 0.29) is 5.57 Å². The molecule has 1 fully saturated rings. The molecule has 0 aromatic heterocycles. The number of benzene rings is 1. The molecule has 1 N–H and O–H groups in total. The van der Waals surface area contributed by atoms with Crippen molar-refractivity contribution in [3.8, 4) is 6.07 Å². The molecule has 1 aromatic carbocycles. The molecule has 0 spiro atoms. The molecule has 1 aliphatic rings. The summed E-state index contributed by atoms with van der Waals surface area (Å²) >= 11 is 5.97. The van der Waals surface area contributed by atoms with Crippen LogP contribution in [-0.4, -0.2) is 48.3 Å². The lowest BCUT2D eigenvalue weighted by Crippen LogP contribution is -2.43. The second-order valence-corrected chi connectivity index (χ2v) is 5.17. The van der Waals surface area contributed by atoms with Crippen LogP contribution >= 0.6 is 11.6 Å². The molecule has 0 aliphatic carbocycles. The first kappa shape index (κ1) is 15.9. The number of anilines is 1. The van der Waals surface area contributed by atoms with E-state index in [1.165, 1.54) is 6.20 Å². The summed E-state index contributed by atoms with van der Waals surface area (Å²) in [7, 11) is 0. The summed E-state index contributed by atoms with van der Waals surface area (Å²) in [6.45, 7) is 2.32. The van der Waals surface area contributed by atoms with Crippen molar-refractivity contribution in [2.75, 3.05) is 31.5 Å². The second-order valence-electron chi connectivity index (χ2n) is 4.77. The number of piperazine rings is 1. The van der Waals surface area contributed by atoms with Gasteiger partial charge in [-0.25, -0.2) is 0 Å². The molecule has 1 aromatic rings. The summed E-state index contributed by atoms with van der Waals surface area (Å²) in [6, 6.07) is 8.72. The van der Waals surface area contributed by atoms with Gasteiger partial charge < -0.3 is 15.1 Å². The smallest absolute Gasteiger partial charge is 0.267 e. The van der Waals surface area contributed by atoms with E-state index < -0.39 is 5.91 Å². The molecule has 1 heterocycles. The van der Waals surface area contributed by atoms with Crippen molar-refractivity contribution in [1.29, 1.82) is 5.26 Å². The van der Waals surface area contributed by atoms with Crippen molar-refractivity contribution in [2.24, 2.45) is 0 Å². The van der Waals surface area contributed by atoms with Gasteiger partial charge in [0.2, 0.25) is 6.41 Å². The number of hydrogen-bond donors (Lipinski definition) is 1. The van der Waals surface area contributed by atoms with Gasteiger partial charge in [0.25, 0.3) is 5.91 Å². The first-order valence-electron chi connectivity index (χ1n) is 6.75. The van der Waals surface area contributed by atoms with Crippen LogP contribution in [0.3, 0.4) is 0 Å². The Bertz CT molecular complexity index is 631. The van der Waals surface area contributed by atoms with Crippen molar-refractivity contribution in [2.45, 2.75) is 0 Å². The summed E-state index contributed by atoms with van der Waals surface area (Å²) < 4.78 is 0. The topological polar surface area (TPSA) is 76.4 Å². The van der Waals surface area contributed by atoms with Crippen LogP contribution in [0.15, 0.2) is 36.0 Å². The summed E-state index contributed by atoms with van der Waals surface area (Å²) in [6.07, 6.45) is 2.32. The summed E-state index contributed by atoms with van der Waals surface area (Å²) in [4.78, 5) is 26.3. The average molecular weight is 319 g/mol. The molecular weight excluding hydrogens is 304 g/mol. The number of carbonyl (C=O) groups is 2. The Balaban J connectivity index is 2.03. The van der Waals surface area contributed by atoms with Gasteiger partial charge in [-0.2, -0.15) is 5.26 Å². The molecule has 7 heteroatoms. The Morgan fingerprint density at radius 3 is 2.45 bits per heavy atom. The minimum atomic E-state index is -0.506. The van der Waals surface area contributed by atoms with E-state index >= 15 is 0 Å². The standard InChI is InChI=1S/C15H15ClN4O2/c16-13-3-1-2-4-14(13)18-15(22)12(9-17)10-19-5-7-20(11-21)8-6-19/h1-4,10-11H,5-8H2,(H,18,22)/b12-10-. The van der Waals surface area contributed by atoms with E-state index in [9.17, 15) is 9.59 Å². The SMILES string of the molecule is N#C/C(=C/N1CCN(C=O)CC1)C(=O)Nc1ccccc1Cl. The molecule has 22 heavy (non-hydrogen) atoms. The fraction of sp³-hybridized carbons (Fsp3) is 0.267. The van der Waals surface area contributed by atoms with E-state index in [1.807, 2.05) is 11.0 Å².